The molecule has 1 aromatic carbocycles. The number of para-hydroxylation sites is 1. The van der Waals surface area contributed by atoms with Gasteiger partial charge in [0.15, 0.2) is 0 Å². The standard InChI is InChI=1S/C15H19F2N3/c1-10(2)18-8-12-9-19-20(14(12)15(16)17)13-7-5-4-6-11(13)3/h4-7,9-10,15,18H,8H2,1-3H3. The molecule has 0 unspecified atom stereocenters. The minimum Gasteiger partial charge on any atom is -0.310 e. The van der Waals surface area contributed by atoms with Gasteiger partial charge < -0.3 is 5.32 Å². The second-order valence-electron chi connectivity index (χ2n) is 5.09. The molecule has 0 aliphatic carbocycles. The number of halogens is 2. The predicted molar refractivity (Wildman–Crippen MR) is 75.2 cm³/mol. The maximum atomic E-state index is 13.4. The second kappa shape index (κ2) is 6.13. The monoisotopic (exact) mass is 279 g/mol. The van der Waals surface area contributed by atoms with Gasteiger partial charge in [0.1, 0.15) is 5.69 Å². The fraction of sp³-hybridized carbons (Fsp3) is 0.400. The number of benzene rings is 1. The van der Waals surface area contributed by atoms with E-state index in [0.717, 1.165) is 5.56 Å². The number of nitrogens with zero attached hydrogens (tertiary/aromatic N) is 2. The van der Waals surface area contributed by atoms with Crippen molar-refractivity contribution in [3.8, 4) is 5.69 Å². The third kappa shape index (κ3) is 3.04. The smallest absolute Gasteiger partial charge is 0.280 e. The van der Waals surface area contributed by atoms with Crippen LogP contribution >= 0.6 is 0 Å². The molecular formula is C15H19F2N3. The van der Waals surface area contributed by atoms with Gasteiger partial charge in [-0.15, -0.1) is 0 Å². The highest BCUT2D eigenvalue weighted by Gasteiger charge is 2.21. The summed E-state index contributed by atoms with van der Waals surface area (Å²) in [5.41, 5.74) is 2.11. The summed E-state index contributed by atoms with van der Waals surface area (Å²) in [7, 11) is 0. The molecule has 0 radical (unpaired) electrons. The van der Waals surface area contributed by atoms with Crippen molar-refractivity contribution in [3.63, 3.8) is 0 Å². The summed E-state index contributed by atoms with van der Waals surface area (Å²) in [4.78, 5) is 0. The summed E-state index contributed by atoms with van der Waals surface area (Å²) in [5.74, 6) is 0. The molecule has 3 nitrogen and oxygen atoms in total. The van der Waals surface area contributed by atoms with E-state index in [1.807, 2.05) is 39.0 Å². The molecule has 20 heavy (non-hydrogen) atoms. The molecule has 0 fully saturated rings. The average molecular weight is 279 g/mol. The molecular weight excluding hydrogens is 260 g/mol. The summed E-state index contributed by atoms with van der Waals surface area (Å²) in [6.45, 7) is 6.24. The topological polar surface area (TPSA) is 29.9 Å². The molecule has 1 aromatic heterocycles. The lowest BCUT2D eigenvalue weighted by molar-refractivity contribution is 0.141. The van der Waals surface area contributed by atoms with Gasteiger partial charge in [-0.25, -0.2) is 13.5 Å². The zero-order valence-corrected chi connectivity index (χ0v) is 11.9. The van der Waals surface area contributed by atoms with Gasteiger partial charge in [0.05, 0.1) is 11.9 Å². The van der Waals surface area contributed by atoms with Gasteiger partial charge in [-0.05, 0) is 18.6 Å². The largest absolute Gasteiger partial charge is 0.310 e. The van der Waals surface area contributed by atoms with E-state index in [2.05, 4.69) is 10.4 Å². The molecule has 0 amide bonds. The van der Waals surface area contributed by atoms with E-state index in [1.54, 1.807) is 6.07 Å². The van der Waals surface area contributed by atoms with E-state index in [9.17, 15) is 8.78 Å². The van der Waals surface area contributed by atoms with Crippen LogP contribution in [0.1, 0.15) is 37.1 Å². The van der Waals surface area contributed by atoms with Crippen LogP contribution < -0.4 is 5.32 Å². The fourth-order valence-electron chi connectivity index (χ4n) is 2.07. The molecule has 1 heterocycles. The van der Waals surface area contributed by atoms with Crippen LogP contribution in [0.25, 0.3) is 5.69 Å². The molecule has 2 aromatic rings. The van der Waals surface area contributed by atoms with Gasteiger partial charge in [0.2, 0.25) is 0 Å². The number of aryl methyl sites for hydroxylation is 1. The molecule has 108 valence electrons. The number of rotatable bonds is 5. The Labute approximate surface area is 117 Å². The van der Waals surface area contributed by atoms with E-state index < -0.39 is 6.43 Å². The van der Waals surface area contributed by atoms with E-state index in [4.69, 9.17) is 0 Å². The third-order valence-corrected chi connectivity index (χ3v) is 3.14. The van der Waals surface area contributed by atoms with Crippen LogP contribution in [-0.2, 0) is 6.54 Å². The minimum atomic E-state index is -2.55. The molecule has 0 aliphatic rings. The van der Waals surface area contributed by atoms with Gasteiger partial charge in [-0.2, -0.15) is 5.10 Å². The highest BCUT2D eigenvalue weighted by molar-refractivity contribution is 5.42. The third-order valence-electron chi connectivity index (χ3n) is 3.14. The molecule has 0 saturated carbocycles. The van der Waals surface area contributed by atoms with Gasteiger partial charge in [-0.1, -0.05) is 32.0 Å². The Kier molecular flexibility index (Phi) is 4.49. The average Bonchev–Trinajstić information content (AvgIpc) is 2.80. The van der Waals surface area contributed by atoms with Crippen LogP contribution in [0.3, 0.4) is 0 Å². The molecule has 0 atom stereocenters. The fourth-order valence-corrected chi connectivity index (χ4v) is 2.07. The van der Waals surface area contributed by atoms with Crippen molar-refractivity contribution in [2.75, 3.05) is 0 Å². The van der Waals surface area contributed by atoms with Crippen molar-refractivity contribution < 1.29 is 8.78 Å². The Hall–Kier alpha value is -1.75. The highest BCUT2D eigenvalue weighted by Crippen LogP contribution is 2.27. The van der Waals surface area contributed by atoms with E-state index in [0.29, 0.717) is 17.8 Å². The van der Waals surface area contributed by atoms with E-state index in [1.165, 1.54) is 10.9 Å². The van der Waals surface area contributed by atoms with Crippen molar-refractivity contribution >= 4 is 0 Å². The first-order valence-electron chi connectivity index (χ1n) is 6.65. The lowest BCUT2D eigenvalue weighted by Gasteiger charge is -2.12. The van der Waals surface area contributed by atoms with Crippen LogP contribution in [0.2, 0.25) is 0 Å². The van der Waals surface area contributed by atoms with Gasteiger partial charge in [0.25, 0.3) is 6.43 Å². The van der Waals surface area contributed by atoms with Crippen molar-refractivity contribution in [1.82, 2.24) is 15.1 Å². The number of nitrogens with one attached hydrogen (secondary N) is 1. The molecule has 5 heteroatoms. The summed E-state index contributed by atoms with van der Waals surface area (Å²) < 4.78 is 28.1. The lowest BCUT2D eigenvalue weighted by Crippen LogP contribution is -2.22. The van der Waals surface area contributed by atoms with E-state index >= 15 is 0 Å². The summed E-state index contributed by atoms with van der Waals surface area (Å²) in [6, 6.07) is 7.63. The number of alkyl halides is 2. The van der Waals surface area contributed by atoms with E-state index in [-0.39, 0.29) is 11.7 Å². The maximum Gasteiger partial charge on any atom is 0.280 e. The second-order valence-corrected chi connectivity index (χ2v) is 5.09. The molecule has 1 N–H and O–H groups in total. The van der Waals surface area contributed by atoms with Crippen LogP contribution in [0.4, 0.5) is 8.78 Å². The van der Waals surface area contributed by atoms with Crippen molar-refractivity contribution in [2.45, 2.75) is 39.8 Å². The Morgan fingerprint density at radius 3 is 2.55 bits per heavy atom. The van der Waals surface area contributed by atoms with Gasteiger partial charge in [-0.3, -0.25) is 0 Å². The first kappa shape index (κ1) is 14.7. The first-order chi connectivity index (χ1) is 9.50. The van der Waals surface area contributed by atoms with Gasteiger partial charge in [0, 0.05) is 18.2 Å². The van der Waals surface area contributed by atoms with Crippen molar-refractivity contribution in [2.24, 2.45) is 0 Å². The van der Waals surface area contributed by atoms with Crippen molar-refractivity contribution in [1.29, 1.82) is 0 Å². The number of hydrogen-bond acceptors (Lipinski definition) is 2. The molecule has 0 bridgehead atoms. The van der Waals surface area contributed by atoms with Crippen molar-refractivity contribution in [3.05, 3.63) is 47.3 Å². The minimum absolute atomic E-state index is 0.0348. The maximum absolute atomic E-state index is 13.4. The van der Waals surface area contributed by atoms with Crippen LogP contribution in [0.15, 0.2) is 30.5 Å². The molecule has 2 rings (SSSR count). The quantitative estimate of drug-likeness (QED) is 0.906. The molecule has 0 spiro atoms. The summed E-state index contributed by atoms with van der Waals surface area (Å²) in [6.07, 6.45) is -1.04. The zero-order chi connectivity index (χ0) is 14.7. The Morgan fingerprint density at radius 1 is 1.25 bits per heavy atom. The zero-order valence-electron chi connectivity index (χ0n) is 11.9. The highest BCUT2D eigenvalue weighted by atomic mass is 19.3. The first-order valence-corrected chi connectivity index (χ1v) is 6.65. The Morgan fingerprint density at radius 2 is 1.95 bits per heavy atom. The Bertz CT molecular complexity index is 576. The van der Waals surface area contributed by atoms with Crippen LogP contribution in [0.5, 0.6) is 0 Å². The lowest BCUT2D eigenvalue weighted by atomic mass is 10.2. The molecule has 0 aliphatic heterocycles. The molecule has 0 saturated heterocycles. The Balaban J connectivity index is 2.42. The SMILES string of the molecule is Cc1ccccc1-n1ncc(CNC(C)C)c1C(F)F. The normalized spacial score (nSPS) is 11.6. The predicted octanol–water partition coefficient (Wildman–Crippen LogP) is 3.62. The summed E-state index contributed by atoms with van der Waals surface area (Å²) >= 11 is 0. The summed E-state index contributed by atoms with van der Waals surface area (Å²) in [5, 5.41) is 7.29. The van der Waals surface area contributed by atoms with Crippen LogP contribution in [0, 0.1) is 6.92 Å². The van der Waals surface area contributed by atoms with Gasteiger partial charge >= 0.3 is 0 Å². The number of aromatic nitrogens is 2. The van der Waals surface area contributed by atoms with Crippen LogP contribution in [-0.4, -0.2) is 15.8 Å². The number of hydrogen-bond donors (Lipinski definition) is 1.